The molecule has 0 aliphatic carbocycles. The highest BCUT2D eigenvalue weighted by molar-refractivity contribution is 7.03. The van der Waals surface area contributed by atoms with Gasteiger partial charge in [0.1, 0.15) is 19.4 Å². The molecule has 0 atom stereocenters. The zero-order chi connectivity index (χ0) is 19.6. The lowest BCUT2D eigenvalue weighted by Crippen LogP contribution is -2.27. The van der Waals surface area contributed by atoms with E-state index in [9.17, 15) is 0 Å². The Balaban J connectivity index is 1.39. The van der Waals surface area contributed by atoms with Crippen LogP contribution in [0.25, 0.3) is 16.9 Å². The zero-order valence-electron chi connectivity index (χ0n) is 16.3. The first-order chi connectivity index (χ1) is 14.3. The van der Waals surface area contributed by atoms with Crippen LogP contribution in [0, 0.1) is 0 Å². The molecule has 1 aliphatic rings. The quantitative estimate of drug-likeness (QED) is 0.493. The lowest BCUT2D eigenvalue weighted by molar-refractivity contribution is 0.453. The Bertz CT molecular complexity index is 1100. The van der Waals surface area contributed by atoms with Gasteiger partial charge in [0.05, 0.1) is 0 Å². The number of fused-ring (bicyclic) bond motifs is 1. The Morgan fingerprint density at radius 3 is 2.79 bits per heavy atom. The summed E-state index contributed by atoms with van der Waals surface area (Å²) in [5.41, 5.74) is 6.42. The summed E-state index contributed by atoms with van der Waals surface area (Å²) >= 11 is 1.37. The van der Waals surface area contributed by atoms with E-state index in [1.165, 1.54) is 17.1 Å². The van der Waals surface area contributed by atoms with Gasteiger partial charge in [-0.15, -0.1) is 5.10 Å². The number of rotatable bonds is 5. The van der Waals surface area contributed by atoms with Crippen molar-refractivity contribution in [3.63, 3.8) is 0 Å². The first-order valence-corrected chi connectivity index (χ1v) is 10.8. The van der Waals surface area contributed by atoms with Gasteiger partial charge < -0.3 is 10.6 Å². The van der Waals surface area contributed by atoms with Crippen molar-refractivity contribution in [2.24, 2.45) is 0 Å². The number of aromatic nitrogens is 5. The molecule has 0 radical (unpaired) electrons. The number of hydrogen-bond acceptors (Lipinski definition) is 7. The fourth-order valence-electron chi connectivity index (χ4n) is 3.82. The predicted octanol–water partition coefficient (Wildman–Crippen LogP) is 1.59. The van der Waals surface area contributed by atoms with Crippen molar-refractivity contribution < 1.29 is 0 Å². The summed E-state index contributed by atoms with van der Waals surface area (Å²) in [4.78, 5) is 4.93. The largest absolute Gasteiger partial charge is 0.366 e. The number of anilines is 1. The van der Waals surface area contributed by atoms with E-state index in [-0.39, 0.29) is 0 Å². The second-order valence-corrected chi connectivity index (χ2v) is 8.10. The number of hydrogen-bond donors (Lipinski definition) is 2. The van der Waals surface area contributed by atoms with Crippen LogP contribution in [0.15, 0.2) is 41.9 Å². The van der Waals surface area contributed by atoms with Gasteiger partial charge in [0, 0.05) is 41.4 Å². The van der Waals surface area contributed by atoms with E-state index in [0.29, 0.717) is 5.92 Å². The van der Waals surface area contributed by atoms with Gasteiger partial charge >= 0.3 is 0 Å². The maximum Gasteiger partial charge on any atom is 0.151 e. The van der Waals surface area contributed by atoms with Crippen LogP contribution in [0.5, 0.6) is 0 Å². The number of piperidine rings is 1. The summed E-state index contributed by atoms with van der Waals surface area (Å²) in [6.45, 7) is 2.83. The smallest absolute Gasteiger partial charge is 0.151 e. The van der Waals surface area contributed by atoms with E-state index in [0.717, 1.165) is 66.4 Å². The molecule has 4 aromatic rings. The lowest BCUT2D eigenvalue weighted by atomic mass is 9.94. The van der Waals surface area contributed by atoms with Crippen LogP contribution >= 0.6 is 11.5 Å². The Morgan fingerprint density at radius 1 is 1.21 bits per heavy atom. The molecule has 1 fully saturated rings. The molecule has 0 saturated carbocycles. The molecule has 4 heterocycles. The van der Waals surface area contributed by atoms with Crippen LogP contribution in [-0.2, 0) is 6.54 Å². The third kappa shape index (κ3) is 3.75. The van der Waals surface area contributed by atoms with E-state index in [1.54, 1.807) is 0 Å². The summed E-state index contributed by atoms with van der Waals surface area (Å²) in [6, 6.07) is 10.6. The molecule has 1 aliphatic heterocycles. The Hall–Kier alpha value is -2.78. The normalized spacial score (nSPS) is 15.0. The summed E-state index contributed by atoms with van der Waals surface area (Å²) in [7, 11) is 2.07. The molecule has 7 nitrogen and oxygen atoms in total. The highest BCUT2D eigenvalue weighted by Crippen LogP contribution is 2.26. The van der Waals surface area contributed by atoms with E-state index in [2.05, 4.69) is 63.5 Å². The van der Waals surface area contributed by atoms with Crippen molar-refractivity contribution in [1.82, 2.24) is 29.5 Å². The van der Waals surface area contributed by atoms with Crippen LogP contribution in [0.3, 0.4) is 0 Å². The summed E-state index contributed by atoms with van der Waals surface area (Å²) < 4.78 is 5.85. The first-order valence-electron chi connectivity index (χ1n) is 9.94. The highest BCUT2D eigenvalue weighted by Gasteiger charge is 2.19. The Labute approximate surface area is 174 Å². The highest BCUT2D eigenvalue weighted by atomic mass is 32.1. The Kier molecular flexibility index (Phi) is 4.99. The summed E-state index contributed by atoms with van der Waals surface area (Å²) in [6.07, 6.45) is 4.14. The van der Waals surface area contributed by atoms with E-state index in [1.807, 2.05) is 16.1 Å². The molecule has 5 rings (SSSR count). The third-order valence-corrected chi connectivity index (χ3v) is 6.01. The van der Waals surface area contributed by atoms with Crippen LogP contribution in [0.1, 0.15) is 30.0 Å². The standard InChI is InChI=1S/C20H22BN7S/c21-16-11-24-28-19(9-17(25-20(16)28)15-5-7-22-8-6-15)23-10-13-1-3-14(4-2-13)18-12-29-27-26-18/h1-4,9,11-12,15,22-23H,5-8,10,21H2. The predicted molar refractivity (Wildman–Crippen MR) is 119 cm³/mol. The second kappa shape index (κ2) is 7.92. The monoisotopic (exact) mass is 403 g/mol. The maximum absolute atomic E-state index is 4.93. The van der Waals surface area contributed by atoms with Crippen molar-refractivity contribution in [3.05, 3.63) is 53.2 Å². The van der Waals surface area contributed by atoms with Crippen molar-refractivity contribution in [3.8, 4) is 11.3 Å². The van der Waals surface area contributed by atoms with Gasteiger partial charge in [-0.25, -0.2) is 4.98 Å². The minimum Gasteiger partial charge on any atom is -0.366 e. The van der Waals surface area contributed by atoms with E-state index < -0.39 is 0 Å². The van der Waals surface area contributed by atoms with Crippen molar-refractivity contribution in [2.75, 3.05) is 18.4 Å². The average molecular weight is 403 g/mol. The lowest BCUT2D eigenvalue weighted by Gasteiger charge is -2.23. The first kappa shape index (κ1) is 18.3. The Morgan fingerprint density at radius 2 is 2.03 bits per heavy atom. The third-order valence-electron chi connectivity index (χ3n) is 5.51. The molecule has 2 N–H and O–H groups in total. The number of benzene rings is 1. The topological polar surface area (TPSA) is 80.0 Å². The van der Waals surface area contributed by atoms with Crippen LogP contribution in [-0.4, -0.2) is 45.1 Å². The minimum atomic E-state index is 0.502. The second-order valence-electron chi connectivity index (χ2n) is 7.49. The van der Waals surface area contributed by atoms with Gasteiger partial charge in [0.15, 0.2) is 5.65 Å². The van der Waals surface area contributed by atoms with E-state index >= 15 is 0 Å². The van der Waals surface area contributed by atoms with Crippen LogP contribution in [0.4, 0.5) is 5.82 Å². The molecule has 3 aromatic heterocycles. The molecule has 0 spiro atoms. The fourth-order valence-corrected chi connectivity index (χ4v) is 4.29. The molecular weight excluding hydrogens is 381 g/mol. The van der Waals surface area contributed by atoms with Gasteiger partial charge in [-0.2, -0.15) is 9.61 Å². The molecule has 1 saturated heterocycles. The molecule has 29 heavy (non-hydrogen) atoms. The molecule has 146 valence electrons. The van der Waals surface area contributed by atoms with Crippen LogP contribution in [0.2, 0.25) is 0 Å². The average Bonchev–Trinajstić information content (AvgIpc) is 3.44. The summed E-state index contributed by atoms with van der Waals surface area (Å²) in [5, 5.41) is 17.6. The molecule has 0 amide bonds. The maximum atomic E-state index is 4.93. The molecule has 0 unspecified atom stereocenters. The van der Waals surface area contributed by atoms with Crippen molar-refractivity contribution in [2.45, 2.75) is 25.3 Å². The van der Waals surface area contributed by atoms with Gasteiger partial charge in [-0.1, -0.05) is 28.8 Å². The molecule has 9 heteroatoms. The van der Waals surface area contributed by atoms with Gasteiger partial charge in [-0.05, 0) is 48.5 Å². The molecule has 0 bridgehead atoms. The molecule has 1 aromatic carbocycles. The van der Waals surface area contributed by atoms with Crippen molar-refractivity contribution >= 4 is 36.3 Å². The van der Waals surface area contributed by atoms with Crippen molar-refractivity contribution in [1.29, 1.82) is 0 Å². The van der Waals surface area contributed by atoms with Gasteiger partial charge in [0.25, 0.3) is 0 Å². The van der Waals surface area contributed by atoms with Crippen LogP contribution < -0.4 is 16.1 Å². The van der Waals surface area contributed by atoms with E-state index in [4.69, 9.17) is 4.98 Å². The zero-order valence-corrected chi connectivity index (χ0v) is 17.1. The molecular formula is C20H22BN7S. The number of nitrogens with zero attached hydrogens (tertiary/aromatic N) is 5. The summed E-state index contributed by atoms with van der Waals surface area (Å²) in [5.74, 6) is 1.49. The minimum absolute atomic E-state index is 0.502. The number of nitrogens with one attached hydrogen (secondary N) is 2. The van der Waals surface area contributed by atoms with Gasteiger partial charge in [0.2, 0.25) is 0 Å². The SMILES string of the molecule is Bc1cnn2c(NCc3ccc(-c4csnn4)cc3)cc(C3CCNCC3)nc12. The van der Waals surface area contributed by atoms with Gasteiger partial charge in [-0.3, -0.25) is 0 Å². The fraction of sp³-hybridized carbons (Fsp3) is 0.300.